The average Bonchev–Trinajstić information content (AvgIpc) is 2.45. The molecule has 2 nitrogen and oxygen atoms in total. The summed E-state index contributed by atoms with van der Waals surface area (Å²) in [5.41, 5.74) is 0. The first kappa shape index (κ1) is 5.30. The lowest BCUT2D eigenvalue weighted by molar-refractivity contribution is 0.0495. The van der Waals surface area contributed by atoms with Crippen molar-refractivity contribution in [3.63, 3.8) is 0 Å². The van der Waals surface area contributed by atoms with Gasteiger partial charge in [0.25, 0.3) is 0 Å². The van der Waals surface area contributed by atoms with Gasteiger partial charge in [-0.15, -0.1) is 0 Å². The fourth-order valence-electron chi connectivity index (χ4n) is 1.65. The van der Waals surface area contributed by atoms with Crippen LogP contribution in [0.25, 0.3) is 0 Å². The molecule has 0 radical (unpaired) electrons. The van der Waals surface area contributed by atoms with Crippen LogP contribution >= 0.6 is 0 Å². The van der Waals surface area contributed by atoms with Crippen molar-refractivity contribution in [1.82, 2.24) is 4.90 Å². The summed E-state index contributed by atoms with van der Waals surface area (Å²) < 4.78 is 5.39. The first-order valence-electron chi connectivity index (χ1n) is 3.40. The fraction of sp³-hybridized carbons (Fsp3) is 0.714. The molecule has 0 spiro atoms. The molecule has 0 aromatic carbocycles. The van der Waals surface area contributed by atoms with E-state index in [0.29, 0.717) is 12.1 Å². The molecule has 2 rings (SSSR count). The molecule has 0 aromatic rings. The van der Waals surface area contributed by atoms with Crippen molar-refractivity contribution in [2.45, 2.75) is 18.6 Å². The van der Waals surface area contributed by atoms with Crippen LogP contribution < -0.4 is 0 Å². The lowest BCUT2D eigenvalue weighted by Crippen LogP contribution is -2.32. The number of likely N-dealkylation sites (tertiary alicyclic amines) is 1. The van der Waals surface area contributed by atoms with Crippen LogP contribution in [0.4, 0.5) is 0 Å². The normalized spacial score (nSPS) is 39.8. The zero-order chi connectivity index (χ0) is 6.27. The van der Waals surface area contributed by atoms with Crippen LogP contribution in [-0.4, -0.2) is 30.2 Å². The lowest BCUT2D eigenvalue weighted by Gasteiger charge is -2.24. The Morgan fingerprint density at radius 1 is 1.67 bits per heavy atom. The SMILES string of the molecule is C=CN1C[C@@H]2C[C@H]1CO2. The molecule has 2 heterocycles. The number of hydrogen-bond acceptors (Lipinski definition) is 2. The first-order valence-corrected chi connectivity index (χ1v) is 3.40. The van der Waals surface area contributed by atoms with Crippen LogP contribution in [0, 0.1) is 0 Å². The third kappa shape index (κ3) is 0.663. The second kappa shape index (κ2) is 1.74. The van der Waals surface area contributed by atoms with E-state index in [9.17, 15) is 0 Å². The summed E-state index contributed by atoms with van der Waals surface area (Å²) in [4.78, 5) is 2.27. The van der Waals surface area contributed by atoms with Gasteiger partial charge in [0, 0.05) is 6.54 Å². The van der Waals surface area contributed by atoms with Crippen molar-refractivity contribution in [2.75, 3.05) is 13.2 Å². The molecule has 0 saturated carbocycles. The summed E-state index contributed by atoms with van der Waals surface area (Å²) in [5, 5.41) is 0. The maximum atomic E-state index is 5.39. The third-order valence-electron chi connectivity index (χ3n) is 2.18. The van der Waals surface area contributed by atoms with E-state index in [1.165, 1.54) is 6.42 Å². The number of morpholine rings is 1. The van der Waals surface area contributed by atoms with E-state index in [1.807, 2.05) is 6.20 Å². The van der Waals surface area contributed by atoms with Crippen molar-refractivity contribution in [2.24, 2.45) is 0 Å². The number of nitrogens with zero attached hydrogens (tertiary/aromatic N) is 1. The highest BCUT2D eigenvalue weighted by Gasteiger charge is 2.36. The highest BCUT2D eigenvalue weighted by atomic mass is 16.5. The molecule has 0 unspecified atom stereocenters. The Balaban J connectivity index is 2.09. The Kier molecular flexibility index (Phi) is 1.02. The second-order valence-corrected chi connectivity index (χ2v) is 2.72. The standard InChI is InChI=1S/C7H11NO/c1-2-8-4-7-3-6(8)5-9-7/h2,6-7H,1,3-5H2/t6-,7-/m0/s1. The number of ether oxygens (including phenoxy) is 1. The van der Waals surface area contributed by atoms with Crippen molar-refractivity contribution >= 4 is 0 Å². The Hall–Kier alpha value is -0.500. The minimum absolute atomic E-state index is 0.507. The summed E-state index contributed by atoms with van der Waals surface area (Å²) >= 11 is 0. The molecule has 2 atom stereocenters. The molecule has 0 aromatic heterocycles. The Labute approximate surface area is 55.1 Å². The van der Waals surface area contributed by atoms with Gasteiger partial charge in [0.05, 0.1) is 18.8 Å². The van der Waals surface area contributed by atoms with Crippen LogP contribution in [0.15, 0.2) is 12.8 Å². The van der Waals surface area contributed by atoms with Gasteiger partial charge in [0.15, 0.2) is 0 Å². The van der Waals surface area contributed by atoms with Crippen LogP contribution in [0.1, 0.15) is 6.42 Å². The fourth-order valence-corrected chi connectivity index (χ4v) is 1.65. The van der Waals surface area contributed by atoms with Crippen LogP contribution in [0.3, 0.4) is 0 Å². The predicted octanol–water partition coefficient (Wildman–Crippen LogP) is 0.603. The van der Waals surface area contributed by atoms with Crippen LogP contribution in [0.5, 0.6) is 0 Å². The highest BCUT2D eigenvalue weighted by molar-refractivity contribution is 4.95. The Morgan fingerprint density at radius 2 is 2.56 bits per heavy atom. The molecule has 2 fully saturated rings. The minimum Gasteiger partial charge on any atom is -0.374 e. The van der Waals surface area contributed by atoms with Crippen LogP contribution in [-0.2, 0) is 4.74 Å². The monoisotopic (exact) mass is 125 g/mol. The van der Waals surface area contributed by atoms with Crippen molar-refractivity contribution in [1.29, 1.82) is 0 Å². The van der Waals surface area contributed by atoms with E-state index in [0.717, 1.165) is 13.2 Å². The first-order chi connectivity index (χ1) is 4.40. The third-order valence-corrected chi connectivity index (χ3v) is 2.18. The molecule has 9 heavy (non-hydrogen) atoms. The second-order valence-electron chi connectivity index (χ2n) is 2.72. The van der Waals surface area contributed by atoms with Gasteiger partial charge in [-0.3, -0.25) is 0 Å². The van der Waals surface area contributed by atoms with Gasteiger partial charge in [0.2, 0.25) is 0 Å². The van der Waals surface area contributed by atoms with Gasteiger partial charge in [-0.1, -0.05) is 6.58 Å². The molecule has 0 aliphatic carbocycles. The zero-order valence-electron chi connectivity index (χ0n) is 5.42. The summed E-state index contributed by atoms with van der Waals surface area (Å²) in [7, 11) is 0. The maximum absolute atomic E-state index is 5.39. The van der Waals surface area contributed by atoms with E-state index >= 15 is 0 Å². The van der Waals surface area contributed by atoms with Crippen molar-refractivity contribution in [3.05, 3.63) is 12.8 Å². The largest absolute Gasteiger partial charge is 0.374 e. The quantitative estimate of drug-likeness (QED) is 0.509. The molecule has 2 aliphatic rings. The smallest absolute Gasteiger partial charge is 0.0771 e. The summed E-state index contributed by atoms with van der Waals surface area (Å²) in [6.45, 7) is 5.71. The van der Waals surface area contributed by atoms with E-state index in [-0.39, 0.29) is 0 Å². The molecule has 2 bridgehead atoms. The summed E-state index contributed by atoms with van der Waals surface area (Å²) in [5.74, 6) is 0. The molecule has 0 N–H and O–H groups in total. The highest BCUT2D eigenvalue weighted by Crippen LogP contribution is 2.27. The number of hydrogen-bond donors (Lipinski definition) is 0. The topological polar surface area (TPSA) is 12.5 Å². The summed E-state index contributed by atoms with van der Waals surface area (Å²) in [6.07, 6.45) is 3.65. The zero-order valence-corrected chi connectivity index (χ0v) is 5.42. The maximum Gasteiger partial charge on any atom is 0.0771 e. The van der Waals surface area contributed by atoms with Gasteiger partial charge < -0.3 is 9.64 Å². The Morgan fingerprint density at radius 3 is 2.89 bits per heavy atom. The van der Waals surface area contributed by atoms with Gasteiger partial charge in [-0.05, 0) is 12.6 Å². The van der Waals surface area contributed by atoms with Crippen molar-refractivity contribution < 1.29 is 4.74 Å². The van der Waals surface area contributed by atoms with Gasteiger partial charge >= 0.3 is 0 Å². The molecule has 50 valence electrons. The molecule has 2 aliphatic heterocycles. The molecule has 2 heteroatoms. The van der Waals surface area contributed by atoms with Gasteiger partial charge in [0.1, 0.15) is 0 Å². The van der Waals surface area contributed by atoms with E-state index in [2.05, 4.69) is 11.5 Å². The summed E-state index contributed by atoms with van der Waals surface area (Å²) in [6, 6.07) is 0.646. The van der Waals surface area contributed by atoms with E-state index in [4.69, 9.17) is 4.74 Å². The Bertz CT molecular complexity index is 135. The van der Waals surface area contributed by atoms with Gasteiger partial charge in [-0.25, -0.2) is 0 Å². The average molecular weight is 125 g/mol. The van der Waals surface area contributed by atoms with Crippen LogP contribution in [0.2, 0.25) is 0 Å². The number of fused-ring (bicyclic) bond motifs is 2. The molecule has 0 amide bonds. The number of rotatable bonds is 1. The van der Waals surface area contributed by atoms with Crippen molar-refractivity contribution in [3.8, 4) is 0 Å². The molecule has 2 saturated heterocycles. The lowest BCUT2D eigenvalue weighted by atomic mass is 10.2. The predicted molar refractivity (Wildman–Crippen MR) is 35.0 cm³/mol. The molecular weight excluding hydrogens is 114 g/mol. The van der Waals surface area contributed by atoms with E-state index in [1.54, 1.807) is 0 Å². The minimum atomic E-state index is 0.507. The molecular formula is C7H11NO. The van der Waals surface area contributed by atoms with Gasteiger partial charge in [-0.2, -0.15) is 0 Å². The van der Waals surface area contributed by atoms with E-state index < -0.39 is 0 Å².